The van der Waals surface area contributed by atoms with E-state index in [0.717, 1.165) is 19.5 Å². The van der Waals surface area contributed by atoms with Crippen LogP contribution in [0.3, 0.4) is 0 Å². The van der Waals surface area contributed by atoms with Crippen LogP contribution in [0.2, 0.25) is 5.02 Å². The minimum absolute atomic E-state index is 0.00747. The monoisotopic (exact) mass is 288 g/mol. The van der Waals surface area contributed by atoms with Gasteiger partial charge in [0.05, 0.1) is 4.90 Å². The second-order valence-electron chi connectivity index (χ2n) is 4.65. The van der Waals surface area contributed by atoms with Crippen LogP contribution in [0.4, 0.5) is 0 Å². The van der Waals surface area contributed by atoms with Crippen molar-refractivity contribution in [2.24, 2.45) is 5.92 Å². The van der Waals surface area contributed by atoms with E-state index in [4.69, 9.17) is 11.6 Å². The first kappa shape index (κ1) is 13.8. The maximum atomic E-state index is 12.2. The van der Waals surface area contributed by atoms with Gasteiger partial charge in [-0.15, -0.1) is 0 Å². The van der Waals surface area contributed by atoms with Crippen LogP contribution in [-0.2, 0) is 10.0 Å². The molecular formula is C12H17ClN2O2S. The van der Waals surface area contributed by atoms with Crippen molar-refractivity contribution in [2.75, 3.05) is 13.1 Å². The Labute approximate surface area is 113 Å². The average molecular weight is 289 g/mol. The zero-order chi connectivity index (χ0) is 13.2. The van der Waals surface area contributed by atoms with E-state index in [9.17, 15) is 8.42 Å². The van der Waals surface area contributed by atoms with Crippen LogP contribution in [0.25, 0.3) is 0 Å². The molecule has 0 amide bonds. The summed E-state index contributed by atoms with van der Waals surface area (Å²) in [6, 6.07) is 6.21. The SMILES string of the molecule is CC1CNCCC1NS(=O)(=O)c1ccc(Cl)cc1. The summed E-state index contributed by atoms with van der Waals surface area (Å²) >= 11 is 5.75. The van der Waals surface area contributed by atoms with E-state index in [2.05, 4.69) is 10.0 Å². The van der Waals surface area contributed by atoms with Crippen molar-refractivity contribution in [1.29, 1.82) is 0 Å². The molecule has 0 saturated carbocycles. The maximum absolute atomic E-state index is 12.2. The van der Waals surface area contributed by atoms with Crippen molar-refractivity contribution >= 4 is 21.6 Å². The largest absolute Gasteiger partial charge is 0.316 e. The molecule has 1 saturated heterocycles. The first-order valence-corrected chi connectivity index (χ1v) is 7.84. The van der Waals surface area contributed by atoms with Crippen molar-refractivity contribution in [3.05, 3.63) is 29.3 Å². The highest BCUT2D eigenvalue weighted by molar-refractivity contribution is 7.89. The van der Waals surface area contributed by atoms with Crippen molar-refractivity contribution in [3.63, 3.8) is 0 Å². The Kier molecular flexibility index (Phi) is 4.27. The molecule has 1 aromatic carbocycles. The van der Waals surface area contributed by atoms with Crippen LogP contribution in [0.1, 0.15) is 13.3 Å². The number of piperidine rings is 1. The van der Waals surface area contributed by atoms with Gasteiger partial charge in [-0.25, -0.2) is 13.1 Å². The van der Waals surface area contributed by atoms with Gasteiger partial charge < -0.3 is 5.32 Å². The third-order valence-corrected chi connectivity index (χ3v) is 4.97. The van der Waals surface area contributed by atoms with Crippen molar-refractivity contribution in [2.45, 2.75) is 24.3 Å². The zero-order valence-electron chi connectivity index (χ0n) is 10.2. The molecule has 0 aromatic heterocycles. The third-order valence-electron chi connectivity index (χ3n) is 3.22. The molecule has 0 radical (unpaired) electrons. The Morgan fingerprint density at radius 1 is 1.33 bits per heavy atom. The molecule has 0 aliphatic carbocycles. The second-order valence-corrected chi connectivity index (χ2v) is 6.80. The van der Waals surface area contributed by atoms with Crippen molar-refractivity contribution in [3.8, 4) is 0 Å². The molecule has 100 valence electrons. The summed E-state index contributed by atoms with van der Waals surface area (Å²) in [4.78, 5) is 0.262. The van der Waals surface area contributed by atoms with Crippen LogP contribution >= 0.6 is 11.6 Å². The lowest BCUT2D eigenvalue weighted by Gasteiger charge is -2.29. The number of nitrogens with one attached hydrogen (secondary N) is 2. The van der Waals surface area contributed by atoms with Gasteiger partial charge in [0.2, 0.25) is 10.0 Å². The van der Waals surface area contributed by atoms with Crippen LogP contribution < -0.4 is 10.0 Å². The van der Waals surface area contributed by atoms with Crippen molar-refractivity contribution < 1.29 is 8.42 Å². The molecular weight excluding hydrogens is 272 g/mol. The highest BCUT2D eigenvalue weighted by atomic mass is 35.5. The molecule has 0 spiro atoms. The summed E-state index contributed by atoms with van der Waals surface area (Å²) < 4.78 is 27.1. The number of hydrogen-bond donors (Lipinski definition) is 2. The molecule has 1 aliphatic rings. The molecule has 1 aromatic rings. The summed E-state index contributed by atoms with van der Waals surface area (Å²) in [7, 11) is -3.45. The molecule has 2 N–H and O–H groups in total. The molecule has 18 heavy (non-hydrogen) atoms. The van der Waals surface area contributed by atoms with Gasteiger partial charge >= 0.3 is 0 Å². The molecule has 6 heteroatoms. The zero-order valence-corrected chi connectivity index (χ0v) is 11.8. The molecule has 1 fully saturated rings. The van der Waals surface area contributed by atoms with Gasteiger partial charge in [-0.3, -0.25) is 0 Å². The summed E-state index contributed by atoms with van der Waals surface area (Å²) in [5.41, 5.74) is 0. The Morgan fingerprint density at radius 3 is 2.61 bits per heavy atom. The number of rotatable bonds is 3. The van der Waals surface area contributed by atoms with E-state index >= 15 is 0 Å². The number of sulfonamides is 1. The second kappa shape index (κ2) is 5.57. The van der Waals surface area contributed by atoms with Gasteiger partial charge in [0.15, 0.2) is 0 Å². The third kappa shape index (κ3) is 3.23. The lowest BCUT2D eigenvalue weighted by atomic mass is 9.97. The van der Waals surface area contributed by atoms with Gasteiger partial charge in [-0.05, 0) is 49.7 Å². The Hall–Kier alpha value is -0.620. The van der Waals surface area contributed by atoms with Gasteiger partial charge in [-0.1, -0.05) is 18.5 Å². The molecule has 2 rings (SSSR count). The topological polar surface area (TPSA) is 58.2 Å². The molecule has 4 nitrogen and oxygen atoms in total. The minimum atomic E-state index is -3.45. The molecule has 2 atom stereocenters. The van der Waals surface area contributed by atoms with E-state index in [1.54, 1.807) is 12.1 Å². The molecule has 1 heterocycles. The van der Waals surface area contributed by atoms with Gasteiger partial charge in [0.1, 0.15) is 0 Å². The lowest BCUT2D eigenvalue weighted by molar-refractivity contribution is 0.328. The molecule has 0 bridgehead atoms. The predicted molar refractivity (Wildman–Crippen MR) is 72.2 cm³/mol. The smallest absolute Gasteiger partial charge is 0.240 e. The Balaban J connectivity index is 2.13. The van der Waals surface area contributed by atoms with Crippen LogP contribution in [0.15, 0.2) is 29.2 Å². The Morgan fingerprint density at radius 2 is 2.00 bits per heavy atom. The quantitative estimate of drug-likeness (QED) is 0.888. The summed E-state index contributed by atoms with van der Waals surface area (Å²) in [5, 5.41) is 3.78. The number of benzene rings is 1. The van der Waals surface area contributed by atoms with E-state index in [0.29, 0.717) is 10.9 Å². The first-order chi connectivity index (χ1) is 8.49. The predicted octanol–water partition coefficient (Wildman–Crippen LogP) is 1.62. The highest BCUT2D eigenvalue weighted by Crippen LogP contribution is 2.17. The van der Waals surface area contributed by atoms with E-state index < -0.39 is 10.0 Å². The first-order valence-electron chi connectivity index (χ1n) is 5.97. The van der Waals surface area contributed by atoms with Crippen LogP contribution in [-0.4, -0.2) is 27.5 Å². The fourth-order valence-electron chi connectivity index (χ4n) is 2.07. The minimum Gasteiger partial charge on any atom is -0.316 e. The van der Waals surface area contributed by atoms with Crippen molar-refractivity contribution in [1.82, 2.24) is 10.0 Å². The van der Waals surface area contributed by atoms with E-state index in [1.165, 1.54) is 12.1 Å². The fraction of sp³-hybridized carbons (Fsp3) is 0.500. The maximum Gasteiger partial charge on any atom is 0.240 e. The average Bonchev–Trinajstić information content (AvgIpc) is 2.32. The fourth-order valence-corrected chi connectivity index (χ4v) is 3.58. The number of halogens is 1. The standard InChI is InChI=1S/C12H17ClN2O2S/c1-9-8-14-7-6-12(9)15-18(16,17)11-4-2-10(13)3-5-11/h2-5,9,12,14-15H,6-8H2,1H3. The van der Waals surface area contributed by atoms with Gasteiger partial charge in [0.25, 0.3) is 0 Å². The lowest BCUT2D eigenvalue weighted by Crippen LogP contribution is -2.48. The van der Waals surface area contributed by atoms with Crippen LogP contribution in [0, 0.1) is 5.92 Å². The normalized spacial score (nSPS) is 25.0. The number of hydrogen-bond acceptors (Lipinski definition) is 3. The van der Waals surface area contributed by atoms with E-state index in [1.807, 2.05) is 6.92 Å². The Bertz CT molecular complexity index is 501. The van der Waals surface area contributed by atoms with E-state index in [-0.39, 0.29) is 10.9 Å². The van der Waals surface area contributed by atoms with Crippen LogP contribution in [0.5, 0.6) is 0 Å². The highest BCUT2D eigenvalue weighted by Gasteiger charge is 2.26. The summed E-state index contributed by atoms with van der Waals surface area (Å²) in [5.74, 6) is 0.292. The van der Waals surface area contributed by atoms with Gasteiger partial charge in [-0.2, -0.15) is 0 Å². The molecule has 1 aliphatic heterocycles. The van der Waals surface area contributed by atoms with Gasteiger partial charge in [0, 0.05) is 11.1 Å². The molecule has 2 unspecified atom stereocenters. The summed E-state index contributed by atoms with van der Waals surface area (Å²) in [6.07, 6.45) is 0.813. The summed E-state index contributed by atoms with van der Waals surface area (Å²) in [6.45, 7) is 3.73.